The number of methoxy groups -OCH3 is 3. The zero-order chi connectivity index (χ0) is 42.5. The molecule has 60 heavy (non-hydrogen) atoms. The van der Waals surface area contributed by atoms with Crippen molar-refractivity contribution in [3.05, 3.63) is 70.9 Å². The van der Waals surface area contributed by atoms with Crippen LogP contribution in [-0.4, -0.2) is 133 Å². The summed E-state index contributed by atoms with van der Waals surface area (Å²) >= 11 is 0. The van der Waals surface area contributed by atoms with E-state index in [0.29, 0.717) is 93.1 Å². The number of hydrogen-bond donors (Lipinski definition) is 3. The average Bonchev–Trinajstić information content (AvgIpc) is 3.93. The van der Waals surface area contributed by atoms with Crippen LogP contribution in [0.25, 0.3) is 10.9 Å². The molecular weight excluding hydrogens is 769 g/mol. The number of H-pyrrole nitrogens is 1. The number of anilines is 1. The first-order valence-corrected chi connectivity index (χ1v) is 21.3. The number of piperidine rings is 1. The fraction of sp³-hybridized carbons (Fsp3) is 0.565. The minimum absolute atomic E-state index is 0.112. The molecule has 2 aromatic carbocycles. The molecule has 0 radical (unpaired) electrons. The molecule has 1 spiro atoms. The van der Waals surface area contributed by atoms with Crippen molar-refractivity contribution < 1.29 is 48.3 Å². The smallest absolute Gasteiger partial charge is 0.344 e. The summed E-state index contributed by atoms with van der Waals surface area (Å²) in [6.45, 7) is 8.27. The summed E-state index contributed by atoms with van der Waals surface area (Å²) in [6, 6.07) is 9.99. The number of aromatic nitrogens is 1. The Morgan fingerprint density at radius 2 is 1.77 bits per heavy atom. The summed E-state index contributed by atoms with van der Waals surface area (Å²) in [6.07, 6.45) is 4.93. The monoisotopic (exact) mass is 824 g/mol. The van der Waals surface area contributed by atoms with Crippen LogP contribution < -0.4 is 9.64 Å². The van der Waals surface area contributed by atoms with Crippen molar-refractivity contribution in [3.8, 4) is 5.75 Å². The molecule has 1 saturated carbocycles. The van der Waals surface area contributed by atoms with Crippen molar-refractivity contribution in [1.82, 2.24) is 14.8 Å². The number of rotatable bonds is 8. The Hall–Kier alpha value is -4.76. The first-order valence-electron chi connectivity index (χ1n) is 21.3. The summed E-state index contributed by atoms with van der Waals surface area (Å²) in [5.74, 6) is -2.16. The lowest BCUT2D eigenvalue weighted by atomic mass is 9.47. The fourth-order valence-electron chi connectivity index (χ4n) is 13.5. The van der Waals surface area contributed by atoms with Gasteiger partial charge in [-0.2, -0.15) is 0 Å². The van der Waals surface area contributed by atoms with Crippen LogP contribution in [0.5, 0.6) is 5.75 Å². The Morgan fingerprint density at radius 1 is 1.00 bits per heavy atom. The molecule has 2 bridgehead atoms. The maximum absolute atomic E-state index is 15.4. The van der Waals surface area contributed by atoms with Gasteiger partial charge in [0.25, 0.3) is 0 Å². The molecular formula is C46H56N4O10. The van der Waals surface area contributed by atoms with Gasteiger partial charge in [0.05, 0.1) is 39.2 Å². The lowest BCUT2D eigenvalue weighted by molar-refractivity contribution is -0.228. The quantitative estimate of drug-likeness (QED) is 0.131. The molecule has 14 nitrogen and oxygen atoms in total. The van der Waals surface area contributed by atoms with Gasteiger partial charge in [0.15, 0.2) is 6.10 Å². The van der Waals surface area contributed by atoms with Crippen LogP contribution in [0.15, 0.2) is 48.6 Å². The summed E-state index contributed by atoms with van der Waals surface area (Å²) in [7, 11) is 4.10. The van der Waals surface area contributed by atoms with Crippen LogP contribution in [0, 0.1) is 17.3 Å². The molecule has 3 fully saturated rings. The maximum Gasteiger partial charge on any atom is 0.344 e. The number of aromatic amines is 1. The molecule has 6 heterocycles. The molecule has 11 atom stereocenters. The SMILES string of the molecule is CC[C@@H]1[C@H]2CN(CCc3c([nH]c4ccccc34)[C@@](C(=O)OC)(c3cc4c(cc3OC)N(C=O)[C@H]3[C@@](O)(C(=O)OC)[C@H](OC(C)=O)[C@]5(CC)C=CCN6CC[C@]43[C@@H]65)C2)C[C@H]1O. The number of carbonyl (C=O) groups excluding carboxylic acids is 4. The van der Waals surface area contributed by atoms with Crippen LogP contribution in [0.3, 0.4) is 0 Å². The third-order valence-electron chi connectivity index (χ3n) is 15.6. The number of fused-ring (bicyclic) bond motifs is 6. The van der Waals surface area contributed by atoms with Gasteiger partial charge < -0.3 is 43.9 Å². The van der Waals surface area contributed by atoms with E-state index in [4.69, 9.17) is 18.9 Å². The molecule has 3 aromatic rings. The van der Waals surface area contributed by atoms with E-state index < -0.39 is 64.0 Å². The molecule has 1 aromatic heterocycles. The number of nitrogens with one attached hydrogen (secondary N) is 1. The summed E-state index contributed by atoms with van der Waals surface area (Å²) in [5.41, 5.74) is -2.17. The number of benzene rings is 2. The van der Waals surface area contributed by atoms with E-state index >= 15 is 4.79 Å². The number of aliphatic hydroxyl groups is 2. The van der Waals surface area contributed by atoms with Crippen molar-refractivity contribution in [1.29, 1.82) is 0 Å². The fourth-order valence-corrected chi connectivity index (χ4v) is 13.5. The van der Waals surface area contributed by atoms with Crippen LogP contribution in [0.2, 0.25) is 0 Å². The zero-order valence-corrected chi connectivity index (χ0v) is 35.2. The predicted molar refractivity (Wildman–Crippen MR) is 220 cm³/mol. The Kier molecular flexibility index (Phi) is 9.77. The highest BCUT2D eigenvalue weighted by molar-refractivity contribution is 5.96. The van der Waals surface area contributed by atoms with E-state index in [2.05, 4.69) is 27.8 Å². The molecule has 5 aliphatic heterocycles. The number of amides is 1. The molecule has 1 amide bonds. The van der Waals surface area contributed by atoms with Gasteiger partial charge in [-0.15, -0.1) is 0 Å². The van der Waals surface area contributed by atoms with Crippen LogP contribution >= 0.6 is 0 Å². The van der Waals surface area contributed by atoms with Gasteiger partial charge in [-0.25, -0.2) is 4.79 Å². The highest BCUT2D eigenvalue weighted by Crippen LogP contribution is 2.68. The molecule has 3 N–H and O–H groups in total. The second-order valence-corrected chi connectivity index (χ2v) is 17.9. The van der Waals surface area contributed by atoms with Crippen molar-refractivity contribution >= 4 is 40.9 Å². The second-order valence-electron chi connectivity index (χ2n) is 17.9. The number of aliphatic hydroxyl groups excluding tert-OH is 1. The van der Waals surface area contributed by atoms with Crippen molar-refractivity contribution in [2.24, 2.45) is 17.3 Å². The topological polar surface area (TPSA) is 171 Å². The lowest BCUT2D eigenvalue weighted by Gasteiger charge is -2.63. The van der Waals surface area contributed by atoms with E-state index in [9.17, 15) is 24.6 Å². The van der Waals surface area contributed by atoms with Crippen LogP contribution in [-0.2, 0) is 50.6 Å². The summed E-state index contributed by atoms with van der Waals surface area (Å²) in [4.78, 5) is 66.2. The molecule has 320 valence electrons. The normalized spacial score (nSPS) is 36.5. The number of para-hydroxylation sites is 1. The van der Waals surface area contributed by atoms with Crippen molar-refractivity contribution in [2.45, 2.75) is 93.6 Å². The van der Waals surface area contributed by atoms with Gasteiger partial charge in [-0.3, -0.25) is 19.3 Å². The number of ether oxygens (including phenoxy) is 4. The minimum Gasteiger partial charge on any atom is -0.496 e. The largest absolute Gasteiger partial charge is 0.496 e. The second kappa shape index (κ2) is 14.4. The standard InChI is InChI=1S/C46H56N4O10/c1-7-28-27-22-45(41(54)58-5,37-30(14-18-48(23-27)24-35(28)53)29-12-9-10-13-33(29)47-37)32-20-31-34(21-36(32)57-4)50(25-51)39-44(31)16-19-49-17-11-15-43(8-2,38(44)49)40(60-26(3)52)46(39,56)42(55)59-6/h9-13,15,20-21,25,27-28,35,38-40,47,53,56H,7-8,14,16-19,22-24H2,1-6H3/t27-,28-,35-,38+,39-,40-,43-,44-,45+,46+/m1/s1. The first kappa shape index (κ1) is 40.6. The van der Waals surface area contributed by atoms with Gasteiger partial charge in [-0.1, -0.05) is 50.6 Å². The van der Waals surface area contributed by atoms with Gasteiger partial charge in [-0.05, 0) is 67.3 Å². The molecule has 2 saturated heterocycles. The van der Waals surface area contributed by atoms with Crippen molar-refractivity contribution in [3.63, 3.8) is 0 Å². The molecule has 9 rings (SSSR count). The third-order valence-corrected chi connectivity index (χ3v) is 15.6. The Morgan fingerprint density at radius 3 is 2.45 bits per heavy atom. The van der Waals surface area contributed by atoms with Crippen molar-refractivity contribution in [2.75, 3.05) is 59.0 Å². The lowest BCUT2D eigenvalue weighted by Crippen LogP contribution is -2.81. The number of carbonyl (C=O) groups is 4. The Labute approximate surface area is 349 Å². The third kappa shape index (κ3) is 5.13. The first-order chi connectivity index (χ1) is 28.9. The van der Waals surface area contributed by atoms with E-state index in [1.165, 1.54) is 33.2 Å². The summed E-state index contributed by atoms with van der Waals surface area (Å²) in [5, 5.41) is 26.0. The highest BCUT2D eigenvalue weighted by Gasteiger charge is 2.81. The average molecular weight is 825 g/mol. The minimum atomic E-state index is -2.53. The maximum atomic E-state index is 15.4. The summed E-state index contributed by atoms with van der Waals surface area (Å²) < 4.78 is 23.7. The van der Waals surface area contributed by atoms with Gasteiger partial charge in [0, 0.05) is 78.2 Å². The van der Waals surface area contributed by atoms with Crippen LogP contribution in [0.1, 0.15) is 68.8 Å². The Balaban J connectivity index is 1.39. The number of nitrogens with zero attached hydrogens (tertiary/aromatic N) is 3. The molecule has 1 unspecified atom stereocenters. The van der Waals surface area contributed by atoms with E-state index in [0.717, 1.165) is 16.5 Å². The highest BCUT2D eigenvalue weighted by atomic mass is 16.6. The number of hydrogen-bond acceptors (Lipinski definition) is 12. The predicted octanol–water partition coefficient (Wildman–Crippen LogP) is 3.37. The molecule has 6 aliphatic rings. The van der Waals surface area contributed by atoms with Gasteiger partial charge in [0.2, 0.25) is 12.0 Å². The molecule has 14 heteroatoms. The van der Waals surface area contributed by atoms with E-state index in [-0.39, 0.29) is 18.3 Å². The van der Waals surface area contributed by atoms with E-state index in [1.54, 1.807) is 6.07 Å². The van der Waals surface area contributed by atoms with Gasteiger partial charge >= 0.3 is 17.9 Å². The zero-order valence-electron chi connectivity index (χ0n) is 35.2. The molecule has 1 aliphatic carbocycles. The van der Waals surface area contributed by atoms with E-state index in [1.807, 2.05) is 43.3 Å². The van der Waals surface area contributed by atoms with Crippen LogP contribution in [0.4, 0.5) is 5.69 Å². The Bertz CT molecular complexity index is 2290. The number of esters is 3. The van der Waals surface area contributed by atoms with Gasteiger partial charge in [0.1, 0.15) is 11.2 Å².